The van der Waals surface area contributed by atoms with Gasteiger partial charge in [0.05, 0.1) is 31.3 Å². The van der Waals surface area contributed by atoms with Gasteiger partial charge in [-0.15, -0.1) is 0 Å². The van der Waals surface area contributed by atoms with E-state index in [0.29, 0.717) is 59.0 Å². The molecule has 0 amide bonds. The molecule has 2 atom stereocenters. The van der Waals surface area contributed by atoms with Crippen LogP contribution in [0.3, 0.4) is 0 Å². The highest BCUT2D eigenvalue weighted by molar-refractivity contribution is 5.80. The molecule has 1 N–H and O–H groups in total. The second-order valence-corrected chi connectivity index (χ2v) is 11.7. The molecule has 6 nitrogen and oxygen atoms in total. The van der Waals surface area contributed by atoms with Crippen LogP contribution in [0.4, 0.5) is 13.2 Å². The average molecular weight is 585 g/mol. The first-order chi connectivity index (χ1) is 19.7. The molecule has 1 heterocycles. The van der Waals surface area contributed by atoms with Crippen molar-refractivity contribution >= 4 is 5.97 Å². The molecular formula is C33H35F3O6. The van der Waals surface area contributed by atoms with E-state index in [1.807, 2.05) is 12.1 Å². The van der Waals surface area contributed by atoms with Gasteiger partial charge in [-0.05, 0) is 98.2 Å². The molecular weight excluding hydrogens is 549 g/mol. The Balaban J connectivity index is 1.47. The largest absolute Gasteiger partial charge is 0.492 e. The lowest BCUT2D eigenvalue weighted by Crippen LogP contribution is -2.27. The van der Waals surface area contributed by atoms with E-state index in [-0.39, 0.29) is 30.5 Å². The zero-order valence-electron chi connectivity index (χ0n) is 24.4. The molecule has 0 radical (unpaired) electrons. The third-order valence-electron chi connectivity index (χ3n) is 7.79. The molecule has 0 spiro atoms. The van der Waals surface area contributed by atoms with E-state index in [1.165, 1.54) is 13.2 Å². The topological polar surface area (TPSA) is 74.2 Å². The van der Waals surface area contributed by atoms with Gasteiger partial charge in [0.2, 0.25) is 0 Å². The Kier molecular flexibility index (Phi) is 7.91. The van der Waals surface area contributed by atoms with E-state index in [4.69, 9.17) is 18.9 Å². The Morgan fingerprint density at radius 3 is 2.33 bits per heavy atom. The van der Waals surface area contributed by atoms with Gasteiger partial charge in [-0.25, -0.2) is 0 Å². The molecule has 5 rings (SSSR count). The summed E-state index contributed by atoms with van der Waals surface area (Å²) in [5.74, 6) is 1.26. The van der Waals surface area contributed by atoms with Gasteiger partial charge in [0.25, 0.3) is 0 Å². The number of benzene rings is 3. The summed E-state index contributed by atoms with van der Waals surface area (Å²) in [6.07, 6.45) is -3.80. The first kappa shape index (κ1) is 29.8. The molecule has 42 heavy (non-hydrogen) atoms. The predicted octanol–water partition coefficient (Wildman–Crippen LogP) is 7.24. The van der Waals surface area contributed by atoms with Crippen LogP contribution in [0.5, 0.6) is 17.2 Å². The number of fused-ring (bicyclic) bond motifs is 2. The highest BCUT2D eigenvalue weighted by Gasteiger charge is 2.39. The summed E-state index contributed by atoms with van der Waals surface area (Å²) < 4.78 is 65.8. The van der Waals surface area contributed by atoms with Crippen LogP contribution in [0.2, 0.25) is 0 Å². The van der Waals surface area contributed by atoms with Crippen LogP contribution in [0.15, 0.2) is 42.5 Å². The number of ether oxygens (including phenoxy) is 4. The van der Waals surface area contributed by atoms with Gasteiger partial charge < -0.3 is 24.1 Å². The number of methoxy groups -OCH3 is 1. The number of alkyl halides is 3. The average Bonchev–Trinajstić information content (AvgIpc) is 3.50. The van der Waals surface area contributed by atoms with Crippen LogP contribution < -0.4 is 14.2 Å². The molecule has 9 heteroatoms. The van der Waals surface area contributed by atoms with E-state index >= 15 is 0 Å². The minimum Gasteiger partial charge on any atom is -0.492 e. The maximum absolute atomic E-state index is 14.4. The van der Waals surface area contributed by atoms with Gasteiger partial charge in [0, 0.05) is 17.5 Å². The normalized spacial score (nSPS) is 17.8. The SMILES string of the molecule is COC(=O)CC1COc2cc(O[C@@H]3CCc4c3ccc(C(F)(F)F)c4-c3c(C)cc(OCC(C)(C)O)cc3C)ccc21. The van der Waals surface area contributed by atoms with E-state index in [1.54, 1.807) is 45.9 Å². The van der Waals surface area contributed by atoms with Gasteiger partial charge in [0.1, 0.15) is 30.0 Å². The van der Waals surface area contributed by atoms with Crippen molar-refractivity contribution in [2.75, 3.05) is 20.3 Å². The summed E-state index contributed by atoms with van der Waals surface area (Å²) in [5, 5.41) is 10.0. The third kappa shape index (κ3) is 6.07. The molecule has 3 aromatic carbocycles. The number of halogens is 3. The zero-order chi connectivity index (χ0) is 30.4. The van der Waals surface area contributed by atoms with Crippen LogP contribution in [0.1, 0.15) is 72.1 Å². The molecule has 2 aliphatic rings. The molecule has 0 saturated carbocycles. The quantitative estimate of drug-likeness (QED) is 0.281. The van der Waals surface area contributed by atoms with Crippen molar-refractivity contribution in [2.45, 2.75) is 70.8 Å². The van der Waals surface area contributed by atoms with E-state index in [0.717, 1.165) is 17.2 Å². The first-order valence-corrected chi connectivity index (χ1v) is 13.9. The van der Waals surface area contributed by atoms with Gasteiger partial charge in [-0.2, -0.15) is 13.2 Å². The number of esters is 1. The lowest BCUT2D eigenvalue weighted by atomic mass is 9.86. The molecule has 0 saturated heterocycles. The molecule has 0 bridgehead atoms. The fourth-order valence-electron chi connectivity index (χ4n) is 5.92. The van der Waals surface area contributed by atoms with Crippen molar-refractivity contribution in [3.63, 3.8) is 0 Å². The number of rotatable bonds is 8. The molecule has 224 valence electrons. The number of carbonyl (C=O) groups is 1. The van der Waals surface area contributed by atoms with Gasteiger partial charge in [-0.1, -0.05) is 12.1 Å². The summed E-state index contributed by atoms with van der Waals surface area (Å²) in [7, 11) is 1.35. The highest BCUT2D eigenvalue weighted by atomic mass is 19.4. The maximum Gasteiger partial charge on any atom is 0.417 e. The molecule has 1 unspecified atom stereocenters. The first-order valence-electron chi connectivity index (χ1n) is 13.9. The Morgan fingerprint density at radius 2 is 1.69 bits per heavy atom. The Hall–Kier alpha value is -3.72. The second-order valence-electron chi connectivity index (χ2n) is 11.7. The summed E-state index contributed by atoms with van der Waals surface area (Å²) in [6.45, 7) is 7.22. The van der Waals surface area contributed by atoms with Crippen LogP contribution in [0, 0.1) is 13.8 Å². The van der Waals surface area contributed by atoms with Crippen molar-refractivity contribution in [2.24, 2.45) is 0 Å². The number of aryl methyl sites for hydroxylation is 2. The highest BCUT2D eigenvalue weighted by Crippen LogP contribution is 2.48. The summed E-state index contributed by atoms with van der Waals surface area (Å²) in [5.41, 5.74) is 2.54. The summed E-state index contributed by atoms with van der Waals surface area (Å²) >= 11 is 0. The fraction of sp³-hybridized carbons (Fsp3) is 0.424. The Labute approximate surface area is 243 Å². The summed E-state index contributed by atoms with van der Waals surface area (Å²) in [4.78, 5) is 11.7. The smallest absolute Gasteiger partial charge is 0.417 e. The molecule has 1 aliphatic carbocycles. The van der Waals surface area contributed by atoms with Gasteiger partial charge in [0.15, 0.2) is 0 Å². The lowest BCUT2D eigenvalue weighted by Gasteiger charge is -2.23. The Morgan fingerprint density at radius 1 is 1.00 bits per heavy atom. The van der Waals surface area contributed by atoms with E-state index < -0.39 is 23.4 Å². The van der Waals surface area contributed by atoms with Crippen molar-refractivity contribution in [3.8, 4) is 28.4 Å². The monoisotopic (exact) mass is 584 g/mol. The standard InChI is InChI=1S/C33H35F3O6/c1-18-12-22(41-17-32(3,4)38)13-19(2)30(18)31-25-9-11-27(24(25)8-10-26(31)33(34,35)36)42-21-6-7-23-20(14-29(37)39-5)16-40-28(23)15-21/h6-8,10,12-13,15,20,27,38H,9,11,14,16-17H2,1-5H3/t20?,27-/m1/s1. The fourth-order valence-corrected chi connectivity index (χ4v) is 5.92. The maximum atomic E-state index is 14.4. The van der Waals surface area contributed by atoms with Crippen LogP contribution in [-0.2, 0) is 22.1 Å². The van der Waals surface area contributed by atoms with Crippen molar-refractivity contribution in [3.05, 3.63) is 75.8 Å². The minimum atomic E-state index is -4.55. The lowest BCUT2D eigenvalue weighted by molar-refractivity contribution is -0.141. The number of hydrogen-bond acceptors (Lipinski definition) is 6. The third-order valence-corrected chi connectivity index (χ3v) is 7.79. The number of aliphatic hydroxyl groups is 1. The van der Waals surface area contributed by atoms with Crippen LogP contribution >= 0.6 is 0 Å². The van der Waals surface area contributed by atoms with Crippen molar-refractivity contribution in [1.29, 1.82) is 0 Å². The van der Waals surface area contributed by atoms with Gasteiger partial charge >= 0.3 is 12.1 Å². The van der Waals surface area contributed by atoms with Crippen LogP contribution in [0.25, 0.3) is 11.1 Å². The molecule has 0 aromatic heterocycles. The Bertz CT molecular complexity index is 1480. The molecule has 0 fully saturated rings. The van der Waals surface area contributed by atoms with E-state index in [2.05, 4.69) is 0 Å². The molecule has 1 aliphatic heterocycles. The molecule has 3 aromatic rings. The van der Waals surface area contributed by atoms with E-state index in [9.17, 15) is 23.1 Å². The predicted molar refractivity (Wildman–Crippen MR) is 151 cm³/mol. The van der Waals surface area contributed by atoms with Gasteiger partial charge in [-0.3, -0.25) is 4.79 Å². The minimum absolute atomic E-state index is 0.0540. The van der Waals surface area contributed by atoms with Crippen molar-refractivity contribution < 1.29 is 42.0 Å². The van der Waals surface area contributed by atoms with Crippen LogP contribution in [-0.4, -0.2) is 37.0 Å². The number of hydrogen-bond donors (Lipinski definition) is 1. The number of carbonyl (C=O) groups excluding carboxylic acids is 1. The zero-order valence-corrected chi connectivity index (χ0v) is 24.4. The second kappa shape index (κ2) is 11.2. The summed E-state index contributed by atoms with van der Waals surface area (Å²) in [6, 6.07) is 11.6. The van der Waals surface area contributed by atoms with Crippen molar-refractivity contribution in [1.82, 2.24) is 0 Å².